The molecule has 6 nitrogen and oxygen atoms in total. The Bertz CT molecular complexity index is 1100. The number of sulfonamides is 1. The van der Waals surface area contributed by atoms with Crippen molar-refractivity contribution >= 4 is 15.7 Å². The highest BCUT2D eigenvalue weighted by atomic mass is 32.2. The Morgan fingerprint density at radius 1 is 1.08 bits per heavy atom. The number of anilines is 1. The molecule has 2 aromatic carbocycles. The predicted molar refractivity (Wildman–Crippen MR) is 95.0 cm³/mol. The minimum atomic E-state index is -3.88. The number of nitrogens with zero attached hydrogens (tertiary/aromatic N) is 3. The van der Waals surface area contributed by atoms with Crippen molar-refractivity contribution in [2.75, 3.05) is 4.72 Å². The maximum Gasteiger partial charge on any atom is 0.265 e. The van der Waals surface area contributed by atoms with Gasteiger partial charge < -0.3 is 0 Å². The monoisotopic (exact) mass is 370 g/mol. The zero-order valence-corrected chi connectivity index (χ0v) is 14.9. The number of hydrogen-bond donors (Lipinski definition) is 1. The highest BCUT2D eigenvalue weighted by Crippen LogP contribution is 2.25. The predicted octanol–water partition coefficient (Wildman–Crippen LogP) is 3.30. The standard InChI is InChI=1S/C18H15FN4O2S/c1-12-18(13(2)23(21-12)17-9-5-15(19)6-10-17)26(24,25)22-16-7-3-14(11-20)4-8-16/h3-10,22H,1-2H3. The van der Waals surface area contributed by atoms with E-state index in [1.54, 1.807) is 13.8 Å². The highest BCUT2D eigenvalue weighted by Gasteiger charge is 2.25. The van der Waals surface area contributed by atoms with Crippen molar-refractivity contribution in [3.8, 4) is 11.8 Å². The van der Waals surface area contributed by atoms with E-state index in [1.807, 2.05) is 6.07 Å². The third kappa shape index (κ3) is 3.30. The summed E-state index contributed by atoms with van der Waals surface area (Å²) in [5.74, 6) is -0.384. The first-order valence-electron chi connectivity index (χ1n) is 7.67. The lowest BCUT2D eigenvalue weighted by Crippen LogP contribution is -2.15. The molecule has 0 bridgehead atoms. The first-order chi connectivity index (χ1) is 12.3. The van der Waals surface area contributed by atoms with Crippen molar-refractivity contribution in [2.45, 2.75) is 18.7 Å². The van der Waals surface area contributed by atoms with Gasteiger partial charge in [0.05, 0.1) is 28.7 Å². The lowest BCUT2D eigenvalue weighted by Gasteiger charge is -2.09. The molecule has 0 aliphatic rings. The number of nitriles is 1. The molecule has 0 aliphatic carbocycles. The van der Waals surface area contributed by atoms with E-state index in [4.69, 9.17) is 5.26 Å². The van der Waals surface area contributed by atoms with Gasteiger partial charge in [-0.2, -0.15) is 10.4 Å². The van der Waals surface area contributed by atoms with Crippen LogP contribution in [-0.4, -0.2) is 18.2 Å². The number of rotatable bonds is 4. The zero-order valence-electron chi connectivity index (χ0n) is 14.1. The molecule has 1 aromatic heterocycles. The van der Waals surface area contributed by atoms with Gasteiger partial charge in [0.1, 0.15) is 10.7 Å². The van der Waals surface area contributed by atoms with Gasteiger partial charge in [0.25, 0.3) is 10.0 Å². The van der Waals surface area contributed by atoms with Crippen LogP contribution in [0.25, 0.3) is 5.69 Å². The van der Waals surface area contributed by atoms with Gasteiger partial charge in [-0.25, -0.2) is 17.5 Å². The summed E-state index contributed by atoms with van der Waals surface area (Å²) in [6.07, 6.45) is 0. The molecule has 26 heavy (non-hydrogen) atoms. The Labute approximate surface area is 150 Å². The van der Waals surface area contributed by atoms with Crippen LogP contribution in [0.5, 0.6) is 0 Å². The number of nitrogens with one attached hydrogen (secondary N) is 1. The lowest BCUT2D eigenvalue weighted by molar-refractivity contribution is 0.600. The summed E-state index contributed by atoms with van der Waals surface area (Å²) in [6, 6.07) is 13.7. The number of aryl methyl sites for hydroxylation is 1. The topological polar surface area (TPSA) is 87.8 Å². The molecular weight excluding hydrogens is 355 g/mol. The van der Waals surface area contributed by atoms with Gasteiger partial charge >= 0.3 is 0 Å². The van der Waals surface area contributed by atoms with E-state index < -0.39 is 10.0 Å². The second-order valence-corrected chi connectivity index (χ2v) is 7.30. The van der Waals surface area contributed by atoms with Crippen LogP contribution in [0.3, 0.4) is 0 Å². The Balaban J connectivity index is 1.99. The van der Waals surface area contributed by atoms with Gasteiger partial charge in [-0.15, -0.1) is 0 Å². The smallest absolute Gasteiger partial charge is 0.265 e. The van der Waals surface area contributed by atoms with Gasteiger partial charge in [-0.1, -0.05) is 0 Å². The SMILES string of the molecule is Cc1nn(-c2ccc(F)cc2)c(C)c1S(=O)(=O)Nc1ccc(C#N)cc1. The van der Waals surface area contributed by atoms with Gasteiger partial charge in [-0.3, -0.25) is 4.72 Å². The fourth-order valence-corrected chi connectivity index (χ4v) is 4.12. The van der Waals surface area contributed by atoms with Crippen LogP contribution in [-0.2, 0) is 10.0 Å². The van der Waals surface area contributed by atoms with E-state index in [0.29, 0.717) is 28.3 Å². The summed E-state index contributed by atoms with van der Waals surface area (Å²) in [6.45, 7) is 3.23. The Morgan fingerprint density at radius 2 is 1.69 bits per heavy atom. The van der Waals surface area contributed by atoms with Crippen molar-refractivity contribution in [1.82, 2.24) is 9.78 Å². The van der Waals surface area contributed by atoms with Gasteiger partial charge in [0.15, 0.2) is 0 Å². The molecule has 0 saturated carbocycles. The summed E-state index contributed by atoms with van der Waals surface area (Å²) >= 11 is 0. The number of aromatic nitrogens is 2. The summed E-state index contributed by atoms with van der Waals surface area (Å²) in [7, 11) is -3.88. The van der Waals surface area contributed by atoms with Gasteiger partial charge in [0, 0.05) is 5.69 Å². The van der Waals surface area contributed by atoms with Crippen molar-refractivity contribution in [2.24, 2.45) is 0 Å². The molecule has 132 valence electrons. The number of hydrogen-bond acceptors (Lipinski definition) is 4. The summed E-state index contributed by atoms with van der Waals surface area (Å²) in [5, 5.41) is 13.1. The molecule has 0 unspecified atom stereocenters. The average Bonchev–Trinajstić information content (AvgIpc) is 2.91. The first-order valence-corrected chi connectivity index (χ1v) is 9.15. The van der Waals surface area contributed by atoms with Crippen molar-refractivity contribution < 1.29 is 12.8 Å². The molecule has 1 heterocycles. The second kappa shape index (κ2) is 6.61. The van der Waals surface area contributed by atoms with Crippen molar-refractivity contribution in [3.05, 3.63) is 71.3 Å². The molecule has 0 saturated heterocycles. The number of halogens is 1. The van der Waals surface area contributed by atoms with E-state index in [9.17, 15) is 12.8 Å². The van der Waals surface area contributed by atoms with E-state index >= 15 is 0 Å². The molecule has 0 spiro atoms. The molecule has 3 rings (SSSR count). The highest BCUT2D eigenvalue weighted by molar-refractivity contribution is 7.92. The van der Waals surface area contributed by atoms with E-state index in [2.05, 4.69) is 9.82 Å². The minimum absolute atomic E-state index is 0.0613. The Hall–Kier alpha value is -3.18. The molecule has 0 amide bonds. The van der Waals surface area contributed by atoms with Crippen LogP contribution in [0.2, 0.25) is 0 Å². The van der Waals surface area contributed by atoms with Crippen LogP contribution in [0.4, 0.5) is 10.1 Å². The molecule has 0 radical (unpaired) electrons. The second-order valence-electron chi connectivity index (χ2n) is 5.68. The molecule has 3 aromatic rings. The number of benzene rings is 2. The van der Waals surface area contributed by atoms with E-state index in [0.717, 1.165) is 0 Å². The van der Waals surface area contributed by atoms with E-state index in [-0.39, 0.29) is 10.7 Å². The first kappa shape index (κ1) is 17.6. The minimum Gasteiger partial charge on any atom is -0.280 e. The molecule has 0 fully saturated rings. The fourth-order valence-electron chi connectivity index (χ4n) is 2.67. The van der Waals surface area contributed by atoms with Crippen molar-refractivity contribution in [3.63, 3.8) is 0 Å². The van der Waals surface area contributed by atoms with Crippen LogP contribution < -0.4 is 4.72 Å². The molecule has 0 atom stereocenters. The summed E-state index contributed by atoms with van der Waals surface area (Å²) in [5.41, 5.74) is 2.08. The lowest BCUT2D eigenvalue weighted by atomic mass is 10.2. The molecular formula is C18H15FN4O2S. The summed E-state index contributed by atoms with van der Waals surface area (Å²) < 4.78 is 42.7. The summed E-state index contributed by atoms with van der Waals surface area (Å²) in [4.78, 5) is 0.0613. The van der Waals surface area contributed by atoms with Crippen LogP contribution in [0.1, 0.15) is 17.0 Å². The molecule has 0 aliphatic heterocycles. The largest absolute Gasteiger partial charge is 0.280 e. The third-order valence-corrected chi connectivity index (χ3v) is 5.46. The molecule has 1 N–H and O–H groups in total. The Kier molecular flexibility index (Phi) is 4.49. The maximum absolute atomic E-state index is 13.1. The Morgan fingerprint density at radius 3 is 2.27 bits per heavy atom. The maximum atomic E-state index is 13.1. The van der Waals surface area contributed by atoms with Gasteiger partial charge in [-0.05, 0) is 62.4 Å². The molecule has 8 heteroatoms. The fraction of sp³-hybridized carbons (Fsp3) is 0.111. The average molecular weight is 370 g/mol. The van der Waals surface area contributed by atoms with Crippen LogP contribution in [0.15, 0.2) is 53.4 Å². The van der Waals surface area contributed by atoms with Crippen LogP contribution in [0, 0.1) is 31.0 Å². The third-order valence-electron chi connectivity index (χ3n) is 3.83. The van der Waals surface area contributed by atoms with E-state index in [1.165, 1.54) is 53.2 Å². The normalized spacial score (nSPS) is 11.2. The van der Waals surface area contributed by atoms with Gasteiger partial charge in [0.2, 0.25) is 0 Å². The van der Waals surface area contributed by atoms with Crippen LogP contribution >= 0.6 is 0 Å². The quantitative estimate of drug-likeness (QED) is 0.763. The zero-order chi connectivity index (χ0) is 18.9. The van der Waals surface area contributed by atoms with Crippen molar-refractivity contribution in [1.29, 1.82) is 5.26 Å².